The summed E-state index contributed by atoms with van der Waals surface area (Å²) < 4.78 is 26.7. The van der Waals surface area contributed by atoms with Crippen molar-refractivity contribution in [3.8, 4) is 0 Å². The second-order valence-corrected chi connectivity index (χ2v) is 8.62. The molecule has 2 heterocycles. The minimum absolute atomic E-state index is 0.0570. The zero-order valence-corrected chi connectivity index (χ0v) is 15.2. The fourth-order valence-electron chi connectivity index (χ4n) is 3.18. The summed E-state index contributed by atoms with van der Waals surface area (Å²) in [6, 6.07) is 6.07. The molecule has 0 bridgehead atoms. The third kappa shape index (κ3) is 3.96. The summed E-state index contributed by atoms with van der Waals surface area (Å²) in [5, 5.41) is 3.17. The van der Waals surface area contributed by atoms with Crippen molar-refractivity contribution < 1.29 is 18.0 Å². The number of nitrogens with one attached hydrogen (secondary N) is 1. The topological polar surface area (TPSA) is 86.8 Å². The maximum absolute atomic E-state index is 12.7. The van der Waals surface area contributed by atoms with Crippen molar-refractivity contribution in [2.45, 2.75) is 17.7 Å². The van der Waals surface area contributed by atoms with E-state index in [9.17, 15) is 18.0 Å². The lowest BCUT2D eigenvalue weighted by molar-refractivity contribution is -0.142. The van der Waals surface area contributed by atoms with Gasteiger partial charge in [0, 0.05) is 37.1 Å². The molecule has 1 aromatic carbocycles. The predicted molar refractivity (Wildman–Crippen MR) is 92.5 cm³/mol. The van der Waals surface area contributed by atoms with Crippen LogP contribution in [0.1, 0.15) is 12.8 Å². The minimum atomic E-state index is -3.58. The van der Waals surface area contributed by atoms with Crippen LogP contribution in [0, 0.1) is 5.92 Å². The van der Waals surface area contributed by atoms with Crippen LogP contribution in [-0.4, -0.2) is 62.2 Å². The van der Waals surface area contributed by atoms with Gasteiger partial charge in [-0.05, 0) is 37.1 Å². The zero-order valence-electron chi connectivity index (χ0n) is 13.7. The molecule has 0 unspecified atom stereocenters. The quantitative estimate of drug-likeness (QED) is 0.829. The van der Waals surface area contributed by atoms with E-state index in [4.69, 9.17) is 11.6 Å². The van der Waals surface area contributed by atoms with Crippen LogP contribution in [0.4, 0.5) is 0 Å². The van der Waals surface area contributed by atoms with Crippen LogP contribution in [0.3, 0.4) is 0 Å². The first-order valence-electron chi connectivity index (χ1n) is 8.19. The number of piperazine rings is 1. The number of nitrogens with zero attached hydrogens (tertiary/aromatic N) is 2. The zero-order chi connectivity index (χ0) is 18.0. The van der Waals surface area contributed by atoms with Crippen LogP contribution in [0.25, 0.3) is 0 Å². The number of rotatable bonds is 3. The first-order chi connectivity index (χ1) is 11.9. The van der Waals surface area contributed by atoms with E-state index in [0.29, 0.717) is 44.0 Å². The second kappa shape index (κ2) is 7.31. The Labute approximate surface area is 152 Å². The molecular weight excluding hydrogens is 366 g/mol. The molecule has 7 nitrogen and oxygen atoms in total. The summed E-state index contributed by atoms with van der Waals surface area (Å²) in [6.45, 7) is 1.65. The number of hydrogen-bond acceptors (Lipinski definition) is 4. The summed E-state index contributed by atoms with van der Waals surface area (Å²) in [5.41, 5.74) is 0. The summed E-state index contributed by atoms with van der Waals surface area (Å²) in [6.07, 6.45) is 0.924. The average molecular weight is 386 g/mol. The Balaban J connectivity index is 1.62. The van der Waals surface area contributed by atoms with Crippen LogP contribution in [0.2, 0.25) is 5.02 Å². The first-order valence-corrected chi connectivity index (χ1v) is 10.0. The van der Waals surface area contributed by atoms with E-state index in [1.54, 1.807) is 17.0 Å². The lowest BCUT2D eigenvalue weighted by Gasteiger charge is -2.34. The van der Waals surface area contributed by atoms with E-state index in [0.717, 1.165) is 0 Å². The van der Waals surface area contributed by atoms with E-state index in [2.05, 4.69) is 5.32 Å². The van der Waals surface area contributed by atoms with E-state index in [-0.39, 0.29) is 29.2 Å². The summed E-state index contributed by atoms with van der Waals surface area (Å²) in [5.74, 6) is -0.441. The lowest BCUT2D eigenvalue weighted by atomic mass is 9.96. The molecule has 0 atom stereocenters. The maximum Gasteiger partial charge on any atom is 0.243 e. The molecule has 2 saturated heterocycles. The van der Waals surface area contributed by atoms with Gasteiger partial charge >= 0.3 is 0 Å². The molecule has 25 heavy (non-hydrogen) atoms. The van der Waals surface area contributed by atoms with E-state index < -0.39 is 10.0 Å². The van der Waals surface area contributed by atoms with Crippen molar-refractivity contribution in [1.29, 1.82) is 0 Å². The van der Waals surface area contributed by atoms with Crippen LogP contribution >= 0.6 is 11.6 Å². The standard InChI is InChI=1S/C16H20ClN3O4S/c17-13-1-3-14(4-2-13)25(23,24)20-8-5-12(6-9-20)16(22)19-10-7-18-15(21)11-19/h1-4,12H,5-11H2,(H,18,21). The van der Waals surface area contributed by atoms with Crippen LogP contribution in [0.15, 0.2) is 29.2 Å². The monoisotopic (exact) mass is 385 g/mol. The molecule has 0 aromatic heterocycles. The van der Waals surface area contributed by atoms with E-state index in [1.165, 1.54) is 16.4 Å². The summed E-state index contributed by atoms with van der Waals surface area (Å²) in [4.78, 5) is 25.7. The molecule has 2 amide bonds. The molecule has 1 N–H and O–H groups in total. The number of benzene rings is 1. The highest BCUT2D eigenvalue weighted by Crippen LogP contribution is 2.26. The van der Waals surface area contributed by atoms with Crippen molar-refractivity contribution in [2.75, 3.05) is 32.7 Å². The molecule has 0 saturated carbocycles. The minimum Gasteiger partial charge on any atom is -0.353 e. The van der Waals surface area contributed by atoms with Gasteiger partial charge in [-0.25, -0.2) is 8.42 Å². The van der Waals surface area contributed by atoms with Gasteiger partial charge in [0.1, 0.15) is 0 Å². The summed E-state index contributed by atoms with van der Waals surface area (Å²) >= 11 is 5.81. The molecule has 2 aliphatic rings. The fourth-order valence-corrected chi connectivity index (χ4v) is 4.78. The number of carbonyl (C=O) groups excluding carboxylic acids is 2. The van der Waals surface area contributed by atoms with Gasteiger partial charge in [-0.3, -0.25) is 9.59 Å². The predicted octanol–water partition coefficient (Wildman–Crippen LogP) is 0.699. The first kappa shape index (κ1) is 18.2. The Hall–Kier alpha value is -1.64. The number of sulfonamides is 1. The van der Waals surface area contributed by atoms with Crippen molar-refractivity contribution in [1.82, 2.24) is 14.5 Å². The molecule has 0 aliphatic carbocycles. The number of carbonyl (C=O) groups is 2. The number of piperidine rings is 1. The highest BCUT2D eigenvalue weighted by molar-refractivity contribution is 7.89. The molecule has 2 fully saturated rings. The van der Waals surface area contributed by atoms with Crippen molar-refractivity contribution in [2.24, 2.45) is 5.92 Å². The van der Waals surface area contributed by atoms with Gasteiger partial charge < -0.3 is 10.2 Å². The smallest absolute Gasteiger partial charge is 0.243 e. The van der Waals surface area contributed by atoms with Crippen LogP contribution < -0.4 is 5.32 Å². The number of hydrogen-bond donors (Lipinski definition) is 1. The molecular formula is C16H20ClN3O4S. The van der Waals surface area contributed by atoms with Gasteiger partial charge in [0.15, 0.2) is 0 Å². The third-order valence-corrected chi connectivity index (χ3v) is 6.77. The second-order valence-electron chi connectivity index (χ2n) is 6.24. The van der Waals surface area contributed by atoms with E-state index in [1.807, 2.05) is 0 Å². The Morgan fingerprint density at radius 3 is 2.36 bits per heavy atom. The van der Waals surface area contributed by atoms with Gasteiger partial charge in [0.05, 0.1) is 11.4 Å². The van der Waals surface area contributed by atoms with Gasteiger partial charge in [-0.2, -0.15) is 4.31 Å². The lowest BCUT2D eigenvalue weighted by Crippen LogP contribution is -2.53. The van der Waals surface area contributed by atoms with Crippen molar-refractivity contribution in [3.05, 3.63) is 29.3 Å². The normalized spacial score (nSPS) is 20.4. The Morgan fingerprint density at radius 2 is 1.76 bits per heavy atom. The molecule has 3 rings (SSSR count). The molecule has 0 spiro atoms. The van der Waals surface area contributed by atoms with Gasteiger partial charge in [0.2, 0.25) is 21.8 Å². The largest absolute Gasteiger partial charge is 0.353 e. The molecule has 0 radical (unpaired) electrons. The molecule has 2 aliphatic heterocycles. The molecule has 1 aromatic rings. The van der Waals surface area contributed by atoms with Gasteiger partial charge in [-0.15, -0.1) is 0 Å². The highest BCUT2D eigenvalue weighted by atomic mass is 35.5. The average Bonchev–Trinajstić information content (AvgIpc) is 2.61. The molecule has 136 valence electrons. The maximum atomic E-state index is 12.7. The fraction of sp³-hybridized carbons (Fsp3) is 0.500. The van der Waals surface area contributed by atoms with Crippen molar-refractivity contribution >= 4 is 33.4 Å². The SMILES string of the molecule is O=C1CN(C(=O)C2CCN(S(=O)(=O)c3ccc(Cl)cc3)CC2)CCN1. The number of amides is 2. The van der Waals surface area contributed by atoms with Gasteiger partial charge in [0.25, 0.3) is 0 Å². The third-order valence-electron chi connectivity index (χ3n) is 4.60. The van der Waals surface area contributed by atoms with Crippen LogP contribution in [-0.2, 0) is 19.6 Å². The van der Waals surface area contributed by atoms with Gasteiger partial charge in [-0.1, -0.05) is 11.6 Å². The highest BCUT2D eigenvalue weighted by Gasteiger charge is 2.34. The number of halogens is 1. The molecule has 9 heteroatoms. The van der Waals surface area contributed by atoms with E-state index >= 15 is 0 Å². The Bertz CT molecular complexity index is 758. The van der Waals surface area contributed by atoms with Crippen molar-refractivity contribution in [3.63, 3.8) is 0 Å². The Morgan fingerprint density at radius 1 is 1.12 bits per heavy atom. The Kier molecular flexibility index (Phi) is 5.31. The summed E-state index contributed by atoms with van der Waals surface area (Å²) in [7, 11) is -3.58. The van der Waals surface area contributed by atoms with Crippen LogP contribution in [0.5, 0.6) is 0 Å².